The Balaban J connectivity index is 2.13. The second-order valence-corrected chi connectivity index (χ2v) is 4.33. The van der Waals surface area contributed by atoms with E-state index in [1.807, 2.05) is 7.05 Å². The molecule has 0 aromatic carbocycles. The summed E-state index contributed by atoms with van der Waals surface area (Å²) in [5.74, 6) is 0.649. The third kappa shape index (κ3) is 3.94. The van der Waals surface area contributed by atoms with Crippen LogP contribution in [0.2, 0.25) is 0 Å². The fourth-order valence-corrected chi connectivity index (χ4v) is 1.91. The van der Waals surface area contributed by atoms with Crippen LogP contribution in [0.25, 0.3) is 0 Å². The normalized spacial score (nSPS) is 25.6. The van der Waals surface area contributed by atoms with Crippen LogP contribution in [0.5, 0.6) is 0 Å². The molecule has 1 saturated carbocycles. The molecular weight excluding hydrogens is 204 g/mol. The standard InChI is InChI=1S/C12H22N2O2/c1-4-5-14-12(15)9(2)16-11-6-10(7-11)8-13-3/h4,9-11,13H,1,5-8H2,2-3H3,(H,14,15). The Kier molecular flexibility index (Phi) is 5.49. The van der Waals surface area contributed by atoms with Gasteiger partial charge in [0.25, 0.3) is 0 Å². The van der Waals surface area contributed by atoms with E-state index in [0.29, 0.717) is 12.5 Å². The zero-order valence-corrected chi connectivity index (χ0v) is 10.2. The first-order chi connectivity index (χ1) is 7.67. The Morgan fingerprint density at radius 1 is 1.62 bits per heavy atom. The number of rotatable bonds is 7. The van der Waals surface area contributed by atoms with Crippen LogP contribution >= 0.6 is 0 Å². The topological polar surface area (TPSA) is 50.4 Å². The smallest absolute Gasteiger partial charge is 0.249 e. The van der Waals surface area contributed by atoms with E-state index in [2.05, 4.69) is 17.2 Å². The Labute approximate surface area is 97.4 Å². The Morgan fingerprint density at radius 3 is 2.88 bits per heavy atom. The van der Waals surface area contributed by atoms with Crippen LogP contribution in [-0.4, -0.2) is 38.3 Å². The Morgan fingerprint density at radius 2 is 2.31 bits per heavy atom. The third-order valence-electron chi connectivity index (χ3n) is 2.87. The first-order valence-corrected chi connectivity index (χ1v) is 5.86. The van der Waals surface area contributed by atoms with Crippen LogP contribution in [0.4, 0.5) is 0 Å². The highest BCUT2D eigenvalue weighted by Gasteiger charge is 2.31. The SMILES string of the molecule is C=CCNC(=O)C(C)OC1CC(CNC)C1. The van der Waals surface area contributed by atoms with Gasteiger partial charge in [0.2, 0.25) is 5.91 Å². The molecule has 1 amide bonds. The highest BCUT2D eigenvalue weighted by atomic mass is 16.5. The van der Waals surface area contributed by atoms with Crippen molar-refractivity contribution < 1.29 is 9.53 Å². The zero-order valence-electron chi connectivity index (χ0n) is 10.2. The summed E-state index contributed by atoms with van der Waals surface area (Å²) in [6, 6.07) is 0. The molecule has 0 bridgehead atoms. The van der Waals surface area contributed by atoms with Crippen LogP contribution in [0.1, 0.15) is 19.8 Å². The summed E-state index contributed by atoms with van der Waals surface area (Å²) in [6.07, 6.45) is 3.67. The predicted molar refractivity (Wildman–Crippen MR) is 64.2 cm³/mol. The van der Waals surface area contributed by atoms with E-state index in [-0.39, 0.29) is 18.1 Å². The monoisotopic (exact) mass is 226 g/mol. The Hall–Kier alpha value is -0.870. The minimum absolute atomic E-state index is 0.0584. The van der Waals surface area contributed by atoms with Crippen molar-refractivity contribution in [1.82, 2.24) is 10.6 Å². The van der Waals surface area contributed by atoms with E-state index in [0.717, 1.165) is 19.4 Å². The lowest BCUT2D eigenvalue weighted by Crippen LogP contribution is -2.42. The first-order valence-electron chi connectivity index (χ1n) is 5.86. The summed E-state index contributed by atoms with van der Waals surface area (Å²) in [5, 5.41) is 5.88. The highest BCUT2D eigenvalue weighted by Crippen LogP contribution is 2.30. The molecular formula is C12H22N2O2. The van der Waals surface area contributed by atoms with Crippen LogP contribution < -0.4 is 10.6 Å². The lowest BCUT2D eigenvalue weighted by atomic mass is 9.82. The molecule has 0 heterocycles. The number of ether oxygens (including phenoxy) is 1. The number of hydrogen-bond acceptors (Lipinski definition) is 3. The Bertz CT molecular complexity index is 237. The van der Waals surface area contributed by atoms with E-state index in [4.69, 9.17) is 4.74 Å². The van der Waals surface area contributed by atoms with Gasteiger partial charge in [-0.15, -0.1) is 6.58 Å². The van der Waals surface area contributed by atoms with Gasteiger partial charge in [-0.05, 0) is 39.3 Å². The van der Waals surface area contributed by atoms with Crippen LogP contribution in [0, 0.1) is 5.92 Å². The number of hydrogen-bond donors (Lipinski definition) is 2. The average molecular weight is 226 g/mol. The molecule has 1 fully saturated rings. The van der Waals surface area contributed by atoms with Crippen molar-refractivity contribution in [3.8, 4) is 0 Å². The van der Waals surface area contributed by atoms with Gasteiger partial charge in [-0.1, -0.05) is 6.08 Å². The molecule has 92 valence electrons. The second kappa shape index (κ2) is 6.66. The summed E-state index contributed by atoms with van der Waals surface area (Å²) in [4.78, 5) is 11.5. The lowest BCUT2D eigenvalue weighted by Gasteiger charge is -2.36. The van der Waals surface area contributed by atoms with E-state index in [1.165, 1.54) is 0 Å². The second-order valence-electron chi connectivity index (χ2n) is 4.33. The van der Waals surface area contributed by atoms with Gasteiger partial charge in [0, 0.05) is 6.54 Å². The van der Waals surface area contributed by atoms with E-state index in [1.54, 1.807) is 13.0 Å². The quantitative estimate of drug-likeness (QED) is 0.628. The van der Waals surface area contributed by atoms with Gasteiger partial charge in [0.1, 0.15) is 6.10 Å². The molecule has 0 aromatic rings. The van der Waals surface area contributed by atoms with Gasteiger partial charge in [0.15, 0.2) is 0 Å². The van der Waals surface area contributed by atoms with E-state index >= 15 is 0 Å². The van der Waals surface area contributed by atoms with Gasteiger partial charge in [-0.3, -0.25) is 4.79 Å². The molecule has 4 heteroatoms. The molecule has 1 rings (SSSR count). The lowest BCUT2D eigenvalue weighted by molar-refractivity contribution is -0.141. The maximum Gasteiger partial charge on any atom is 0.249 e. The van der Waals surface area contributed by atoms with Crippen molar-refractivity contribution in [2.24, 2.45) is 5.92 Å². The number of amides is 1. The van der Waals surface area contributed by atoms with Crippen molar-refractivity contribution in [3.05, 3.63) is 12.7 Å². The molecule has 0 radical (unpaired) electrons. The van der Waals surface area contributed by atoms with Crippen molar-refractivity contribution in [1.29, 1.82) is 0 Å². The molecule has 1 aliphatic carbocycles. The van der Waals surface area contributed by atoms with Crippen molar-refractivity contribution in [2.75, 3.05) is 20.1 Å². The molecule has 16 heavy (non-hydrogen) atoms. The van der Waals surface area contributed by atoms with Gasteiger partial charge >= 0.3 is 0 Å². The third-order valence-corrected chi connectivity index (χ3v) is 2.87. The first kappa shape index (κ1) is 13.2. The van der Waals surface area contributed by atoms with Crippen LogP contribution in [0.15, 0.2) is 12.7 Å². The fourth-order valence-electron chi connectivity index (χ4n) is 1.91. The minimum atomic E-state index is -0.361. The molecule has 0 aliphatic heterocycles. The average Bonchev–Trinajstić information content (AvgIpc) is 2.22. The van der Waals surface area contributed by atoms with Crippen LogP contribution in [-0.2, 0) is 9.53 Å². The molecule has 0 spiro atoms. The molecule has 0 saturated heterocycles. The van der Waals surface area contributed by atoms with Gasteiger partial charge in [-0.2, -0.15) is 0 Å². The number of carbonyl (C=O) groups is 1. The maximum atomic E-state index is 11.5. The van der Waals surface area contributed by atoms with Gasteiger partial charge in [-0.25, -0.2) is 0 Å². The molecule has 4 nitrogen and oxygen atoms in total. The molecule has 2 N–H and O–H groups in total. The van der Waals surface area contributed by atoms with E-state index < -0.39 is 0 Å². The fraction of sp³-hybridized carbons (Fsp3) is 0.750. The van der Waals surface area contributed by atoms with Gasteiger partial charge in [0.05, 0.1) is 6.10 Å². The van der Waals surface area contributed by atoms with Crippen LogP contribution in [0.3, 0.4) is 0 Å². The number of nitrogens with one attached hydrogen (secondary N) is 2. The van der Waals surface area contributed by atoms with Crippen molar-refractivity contribution >= 4 is 5.91 Å². The summed E-state index contributed by atoms with van der Waals surface area (Å²) in [7, 11) is 1.96. The molecule has 0 aromatic heterocycles. The highest BCUT2D eigenvalue weighted by molar-refractivity contribution is 5.80. The molecule has 1 atom stereocenters. The van der Waals surface area contributed by atoms with E-state index in [9.17, 15) is 4.79 Å². The largest absolute Gasteiger partial charge is 0.365 e. The summed E-state index contributed by atoms with van der Waals surface area (Å²) < 4.78 is 5.65. The maximum absolute atomic E-state index is 11.5. The number of carbonyl (C=O) groups excluding carboxylic acids is 1. The van der Waals surface area contributed by atoms with Crippen molar-refractivity contribution in [3.63, 3.8) is 0 Å². The zero-order chi connectivity index (χ0) is 12.0. The molecule has 1 unspecified atom stereocenters. The summed E-state index contributed by atoms with van der Waals surface area (Å²) >= 11 is 0. The summed E-state index contributed by atoms with van der Waals surface area (Å²) in [6.45, 7) is 6.88. The van der Waals surface area contributed by atoms with Crippen molar-refractivity contribution in [2.45, 2.75) is 32.0 Å². The molecule has 1 aliphatic rings. The minimum Gasteiger partial charge on any atom is -0.365 e. The summed E-state index contributed by atoms with van der Waals surface area (Å²) in [5.41, 5.74) is 0. The predicted octanol–water partition coefficient (Wildman–Crippen LogP) is 0.692. The van der Waals surface area contributed by atoms with Gasteiger partial charge < -0.3 is 15.4 Å².